The van der Waals surface area contributed by atoms with Crippen LogP contribution < -0.4 is 4.31 Å². The lowest BCUT2D eigenvalue weighted by Gasteiger charge is -2.26. The Labute approximate surface area is 209 Å². The summed E-state index contributed by atoms with van der Waals surface area (Å²) in [7, 11) is 0. The van der Waals surface area contributed by atoms with Gasteiger partial charge in [-0.15, -0.1) is 25.3 Å². The molecule has 0 radical (unpaired) electrons. The number of anilines is 1. The maximum absolute atomic E-state index is 4.92. The lowest BCUT2D eigenvalue weighted by atomic mass is 9.97. The zero-order valence-electron chi connectivity index (χ0n) is 20.0. The summed E-state index contributed by atoms with van der Waals surface area (Å²) in [5, 5.41) is 0. The van der Waals surface area contributed by atoms with Gasteiger partial charge in [0, 0.05) is 16.3 Å². The van der Waals surface area contributed by atoms with E-state index in [1.165, 1.54) is 132 Å². The summed E-state index contributed by atoms with van der Waals surface area (Å²) >= 11 is 14.5. The highest BCUT2D eigenvalue weighted by Gasteiger charge is 2.19. The van der Waals surface area contributed by atoms with Gasteiger partial charge in [-0.05, 0) is 49.3 Å². The summed E-state index contributed by atoms with van der Waals surface area (Å²) in [4.78, 5) is 2.01. The third-order valence-electron chi connectivity index (χ3n) is 6.81. The van der Waals surface area contributed by atoms with E-state index in [9.17, 15) is 0 Å². The van der Waals surface area contributed by atoms with Crippen molar-refractivity contribution in [2.45, 2.75) is 139 Å². The van der Waals surface area contributed by atoms with Crippen LogP contribution in [0.25, 0.3) is 0 Å². The standard InChI is InChI=1S/C27H47NS3/c1-2-3-4-5-6-7-8-9-10-11-15-18-21-28(31)26-24-20-17-14-12-13-16-19-23(24)22-25(29)27(26)30/h22,29-31H,2-21H2,1H3. The average Bonchev–Trinajstić information content (AvgIpc) is 2.87. The largest absolute Gasteiger partial charge is 0.317 e. The van der Waals surface area contributed by atoms with Gasteiger partial charge in [0.25, 0.3) is 0 Å². The zero-order valence-corrected chi connectivity index (χ0v) is 22.7. The number of nitrogens with zero attached hydrogens (tertiary/aromatic N) is 1. The number of fused-ring (bicyclic) bond motifs is 1. The van der Waals surface area contributed by atoms with Crippen molar-refractivity contribution >= 4 is 43.8 Å². The summed E-state index contributed by atoms with van der Waals surface area (Å²) in [5.41, 5.74) is 4.20. The van der Waals surface area contributed by atoms with Crippen LogP contribution >= 0.6 is 38.1 Å². The molecule has 1 aromatic rings. The second kappa shape index (κ2) is 16.6. The number of benzene rings is 1. The van der Waals surface area contributed by atoms with Crippen molar-refractivity contribution < 1.29 is 0 Å². The van der Waals surface area contributed by atoms with E-state index in [0.29, 0.717) is 0 Å². The molecule has 31 heavy (non-hydrogen) atoms. The van der Waals surface area contributed by atoms with Gasteiger partial charge in [0.05, 0.1) is 5.69 Å². The SMILES string of the molecule is CCCCCCCCCCCCCCN(S)c1c(S)c(S)cc2c1CCCCCCC2. The van der Waals surface area contributed by atoms with Crippen LogP contribution in [0.15, 0.2) is 15.9 Å². The monoisotopic (exact) mass is 481 g/mol. The normalized spacial score (nSPS) is 14.6. The van der Waals surface area contributed by atoms with Crippen molar-refractivity contribution in [3.63, 3.8) is 0 Å². The molecule has 1 aliphatic carbocycles. The molecule has 4 heteroatoms. The van der Waals surface area contributed by atoms with Crippen LogP contribution in [0.2, 0.25) is 0 Å². The molecule has 0 amide bonds. The third kappa shape index (κ3) is 10.3. The Hall–Kier alpha value is 0.0700. The second-order valence-electron chi connectivity index (χ2n) is 9.51. The van der Waals surface area contributed by atoms with Crippen molar-refractivity contribution in [2.24, 2.45) is 0 Å². The Bertz CT molecular complexity index is 617. The van der Waals surface area contributed by atoms with E-state index >= 15 is 0 Å². The molecule has 0 fully saturated rings. The number of thiol groups is 3. The second-order valence-corrected chi connectivity index (χ2v) is 10.9. The van der Waals surface area contributed by atoms with Crippen LogP contribution in [-0.2, 0) is 12.8 Å². The Morgan fingerprint density at radius 2 is 1.23 bits per heavy atom. The molecule has 1 aliphatic rings. The summed E-state index contributed by atoms with van der Waals surface area (Å²) in [6.45, 7) is 3.29. The van der Waals surface area contributed by atoms with Crippen LogP contribution in [0.3, 0.4) is 0 Å². The van der Waals surface area contributed by atoms with E-state index < -0.39 is 0 Å². The highest BCUT2D eigenvalue weighted by Crippen LogP contribution is 2.39. The number of unbranched alkanes of at least 4 members (excludes halogenated alkanes) is 11. The fourth-order valence-electron chi connectivity index (χ4n) is 4.88. The van der Waals surface area contributed by atoms with E-state index in [1.54, 1.807) is 0 Å². The van der Waals surface area contributed by atoms with Gasteiger partial charge < -0.3 is 4.31 Å². The van der Waals surface area contributed by atoms with E-state index in [4.69, 9.17) is 38.1 Å². The minimum atomic E-state index is 0.998. The minimum absolute atomic E-state index is 0.998. The Morgan fingerprint density at radius 1 is 0.710 bits per heavy atom. The summed E-state index contributed by atoms with van der Waals surface area (Å²) < 4.78 is 2.18. The first kappa shape index (κ1) is 27.3. The van der Waals surface area contributed by atoms with Crippen LogP contribution in [0.5, 0.6) is 0 Å². The number of aryl methyl sites for hydroxylation is 1. The summed E-state index contributed by atoms with van der Waals surface area (Å²) in [6, 6.07) is 2.26. The van der Waals surface area contributed by atoms with Crippen LogP contribution in [0.4, 0.5) is 5.69 Å². The van der Waals surface area contributed by atoms with Crippen LogP contribution in [0, 0.1) is 0 Å². The van der Waals surface area contributed by atoms with Gasteiger partial charge in [0.2, 0.25) is 0 Å². The number of hydrogen-bond acceptors (Lipinski definition) is 4. The molecule has 178 valence electrons. The van der Waals surface area contributed by atoms with E-state index in [0.717, 1.165) is 22.8 Å². The predicted molar refractivity (Wildman–Crippen MR) is 149 cm³/mol. The predicted octanol–water partition coefficient (Wildman–Crippen LogP) is 9.67. The third-order valence-corrected chi connectivity index (χ3v) is 8.19. The summed E-state index contributed by atoms with van der Waals surface area (Å²) in [6.07, 6.45) is 25.6. The highest BCUT2D eigenvalue weighted by atomic mass is 32.1. The van der Waals surface area contributed by atoms with Gasteiger partial charge in [0.15, 0.2) is 0 Å². The quantitative estimate of drug-likeness (QED) is 0.176. The van der Waals surface area contributed by atoms with Crippen molar-refractivity contribution in [1.29, 1.82) is 0 Å². The maximum Gasteiger partial charge on any atom is 0.0646 e. The lowest BCUT2D eigenvalue weighted by molar-refractivity contribution is 0.545. The molecule has 0 bridgehead atoms. The lowest BCUT2D eigenvalue weighted by Crippen LogP contribution is -2.16. The summed E-state index contributed by atoms with van der Waals surface area (Å²) in [5.74, 6) is 0. The Morgan fingerprint density at radius 3 is 1.84 bits per heavy atom. The van der Waals surface area contributed by atoms with Gasteiger partial charge in [-0.1, -0.05) is 110 Å². The van der Waals surface area contributed by atoms with Crippen LogP contribution in [0.1, 0.15) is 127 Å². The topological polar surface area (TPSA) is 3.24 Å². The number of hydrogen-bond donors (Lipinski definition) is 3. The maximum atomic E-state index is 4.92. The molecule has 1 aromatic carbocycles. The van der Waals surface area contributed by atoms with Gasteiger partial charge in [-0.3, -0.25) is 0 Å². The molecule has 2 rings (SSSR count). The molecule has 0 N–H and O–H groups in total. The Balaban J connectivity index is 1.72. The van der Waals surface area contributed by atoms with E-state index in [-0.39, 0.29) is 0 Å². The molecule has 1 nitrogen and oxygen atoms in total. The molecule has 0 aliphatic heterocycles. The van der Waals surface area contributed by atoms with Crippen molar-refractivity contribution in [1.82, 2.24) is 0 Å². The van der Waals surface area contributed by atoms with Gasteiger partial charge in [-0.25, -0.2) is 0 Å². The van der Waals surface area contributed by atoms with Gasteiger partial charge in [-0.2, -0.15) is 0 Å². The first-order valence-corrected chi connectivity index (χ1v) is 14.5. The van der Waals surface area contributed by atoms with Crippen molar-refractivity contribution in [3.8, 4) is 0 Å². The molecule has 0 aromatic heterocycles. The smallest absolute Gasteiger partial charge is 0.0646 e. The minimum Gasteiger partial charge on any atom is -0.317 e. The van der Waals surface area contributed by atoms with Crippen LogP contribution in [-0.4, -0.2) is 6.54 Å². The van der Waals surface area contributed by atoms with E-state index in [2.05, 4.69) is 17.3 Å². The highest BCUT2D eigenvalue weighted by molar-refractivity contribution is 7.84. The Kier molecular flexibility index (Phi) is 14.7. The first-order valence-electron chi connectivity index (χ1n) is 13.2. The molecule has 0 saturated heterocycles. The van der Waals surface area contributed by atoms with Gasteiger partial charge in [0.1, 0.15) is 0 Å². The average molecular weight is 482 g/mol. The fourth-order valence-corrected chi connectivity index (χ4v) is 5.90. The number of rotatable bonds is 14. The molecular formula is C27H47NS3. The molecule has 0 saturated carbocycles. The molecular weight excluding hydrogens is 435 g/mol. The molecule has 0 heterocycles. The first-order chi connectivity index (χ1) is 15.1. The zero-order chi connectivity index (χ0) is 22.3. The van der Waals surface area contributed by atoms with Crippen molar-refractivity contribution in [2.75, 3.05) is 10.8 Å². The molecule has 0 atom stereocenters. The van der Waals surface area contributed by atoms with Gasteiger partial charge >= 0.3 is 0 Å². The molecule has 0 spiro atoms. The van der Waals surface area contributed by atoms with Crippen molar-refractivity contribution in [3.05, 3.63) is 17.2 Å². The van der Waals surface area contributed by atoms with E-state index in [1.807, 2.05) is 0 Å². The fraction of sp³-hybridized carbons (Fsp3) is 0.778. The molecule has 0 unspecified atom stereocenters.